The van der Waals surface area contributed by atoms with Crippen LogP contribution >= 0.6 is 0 Å². The molecule has 0 radical (unpaired) electrons. The summed E-state index contributed by atoms with van der Waals surface area (Å²) in [5, 5.41) is 3.96. The maximum Gasteiger partial charge on any atom is 0.266 e. The number of amides is 1. The van der Waals surface area contributed by atoms with Crippen molar-refractivity contribution < 1.29 is 14.1 Å². The standard InChI is InChI=1S/C14H22N4O3/c1-11-15-13(16-21-11)18-7-5-14(10-18)4-3-6-17(12(14)19)8-9-20-2/h3-10H2,1-2H3/t14-/m1/s1. The number of aryl methyl sites for hydroxylation is 1. The van der Waals surface area contributed by atoms with E-state index in [0.717, 1.165) is 32.4 Å². The normalized spacial score (nSPS) is 26.1. The number of nitrogens with zero attached hydrogens (tertiary/aromatic N) is 4. The smallest absolute Gasteiger partial charge is 0.266 e. The highest BCUT2D eigenvalue weighted by Crippen LogP contribution is 2.40. The Morgan fingerprint density at radius 3 is 2.95 bits per heavy atom. The number of hydrogen-bond acceptors (Lipinski definition) is 6. The molecule has 2 aliphatic rings. The van der Waals surface area contributed by atoms with Crippen molar-refractivity contribution in [3.63, 3.8) is 0 Å². The summed E-state index contributed by atoms with van der Waals surface area (Å²) in [6, 6.07) is 0. The minimum atomic E-state index is -0.277. The van der Waals surface area contributed by atoms with Crippen molar-refractivity contribution in [1.82, 2.24) is 15.0 Å². The molecule has 116 valence electrons. The molecule has 0 saturated carbocycles. The van der Waals surface area contributed by atoms with Crippen LogP contribution in [0.3, 0.4) is 0 Å². The van der Waals surface area contributed by atoms with Crippen LogP contribution in [0.25, 0.3) is 0 Å². The van der Waals surface area contributed by atoms with E-state index in [1.165, 1.54) is 0 Å². The van der Waals surface area contributed by atoms with Gasteiger partial charge in [0.05, 0.1) is 12.0 Å². The van der Waals surface area contributed by atoms with Gasteiger partial charge < -0.3 is 19.1 Å². The molecule has 7 nitrogen and oxygen atoms in total. The van der Waals surface area contributed by atoms with Gasteiger partial charge in [-0.25, -0.2) is 0 Å². The van der Waals surface area contributed by atoms with Gasteiger partial charge in [-0.05, 0) is 24.4 Å². The number of methoxy groups -OCH3 is 1. The van der Waals surface area contributed by atoms with Crippen LogP contribution in [0, 0.1) is 12.3 Å². The summed E-state index contributed by atoms with van der Waals surface area (Å²) >= 11 is 0. The largest absolute Gasteiger partial charge is 0.383 e. The van der Waals surface area contributed by atoms with Crippen molar-refractivity contribution in [2.75, 3.05) is 44.8 Å². The van der Waals surface area contributed by atoms with Crippen LogP contribution in [0.15, 0.2) is 4.52 Å². The molecule has 1 aromatic heterocycles. The average molecular weight is 294 g/mol. The minimum absolute atomic E-state index is 0.258. The molecular weight excluding hydrogens is 272 g/mol. The average Bonchev–Trinajstić information content (AvgIpc) is 3.08. The van der Waals surface area contributed by atoms with Gasteiger partial charge in [0.15, 0.2) is 0 Å². The number of likely N-dealkylation sites (tertiary alicyclic amines) is 1. The van der Waals surface area contributed by atoms with Crippen LogP contribution in [-0.2, 0) is 9.53 Å². The predicted octanol–water partition coefficient (Wildman–Crippen LogP) is 0.843. The molecule has 7 heteroatoms. The van der Waals surface area contributed by atoms with Crippen molar-refractivity contribution in [2.24, 2.45) is 5.41 Å². The zero-order valence-electron chi connectivity index (χ0n) is 12.7. The quantitative estimate of drug-likeness (QED) is 0.819. The van der Waals surface area contributed by atoms with Gasteiger partial charge in [-0.2, -0.15) is 4.98 Å². The van der Waals surface area contributed by atoms with E-state index in [-0.39, 0.29) is 11.3 Å². The summed E-state index contributed by atoms with van der Waals surface area (Å²) in [6.45, 7) is 5.39. The number of carbonyl (C=O) groups is 1. The summed E-state index contributed by atoms with van der Waals surface area (Å²) in [5.74, 6) is 1.42. The Balaban J connectivity index is 1.71. The number of piperidine rings is 1. The summed E-state index contributed by atoms with van der Waals surface area (Å²) < 4.78 is 10.1. The van der Waals surface area contributed by atoms with Crippen LogP contribution in [0.1, 0.15) is 25.2 Å². The zero-order valence-corrected chi connectivity index (χ0v) is 12.7. The van der Waals surface area contributed by atoms with E-state index in [9.17, 15) is 4.79 Å². The monoisotopic (exact) mass is 294 g/mol. The first kappa shape index (κ1) is 14.3. The fraction of sp³-hybridized carbons (Fsp3) is 0.786. The SMILES string of the molecule is COCCN1CCC[C@]2(CCN(c3noc(C)n3)C2)C1=O. The lowest BCUT2D eigenvalue weighted by atomic mass is 9.78. The van der Waals surface area contributed by atoms with Crippen molar-refractivity contribution in [2.45, 2.75) is 26.2 Å². The maximum absolute atomic E-state index is 12.8. The number of anilines is 1. The Morgan fingerprint density at radius 1 is 1.38 bits per heavy atom. The highest BCUT2D eigenvalue weighted by Gasteiger charge is 2.48. The predicted molar refractivity (Wildman–Crippen MR) is 76.0 cm³/mol. The van der Waals surface area contributed by atoms with Crippen LogP contribution in [0.5, 0.6) is 0 Å². The van der Waals surface area contributed by atoms with Crippen molar-refractivity contribution in [3.8, 4) is 0 Å². The van der Waals surface area contributed by atoms with Gasteiger partial charge in [0.1, 0.15) is 0 Å². The van der Waals surface area contributed by atoms with Gasteiger partial charge in [0.25, 0.3) is 5.95 Å². The lowest BCUT2D eigenvalue weighted by molar-refractivity contribution is -0.145. The van der Waals surface area contributed by atoms with Crippen LogP contribution in [0.4, 0.5) is 5.95 Å². The first-order valence-electron chi connectivity index (χ1n) is 7.48. The first-order valence-corrected chi connectivity index (χ1v) is 7.48. The van der Waals surface area contributed by atoms with Gasteiger partial charge in [-0.15, -0.1) is 0 Å². The molecule has 0 N–H and O–H groups in total. The molecule has 3 rings (SSSR count). The van der Waals surface area contributed by atoms with E-state index in [4.69, 9.17) is 9.26 Å². The molecule has 1 spiro atoms. The number of hydrogen-bond donors (Lipinski definition) is 0. The molecule has 2 saturated heterocycles. The van der Waals surface area contributed by atoms with E-state index in [1.807, 2.05) is 4.90 Å². The summed E-state index contributed by atoms with van der Waals surface area (Å²) in [4.78, 5) is 21.1. The Hall–Kier alpha value is -1.63. The molecule has 0 aliphatic carbocycles. The molecular formula is C14H22N4O3. The first-order chi connectivity index (χ1) is 10.1. The number of rotatable bonds is 4. The molecule has 3 heterocycles. The minimum Gasteiger partial charge on any atom is -0.383 e. The van der Waals surface area contributed by atoms with Crippen LogP contribution in [0.2, 0.25) is 0 Å². The highest BCUT2D eigenvalue weighted by atomic mass is 16.5. The number of aromatic nitrogens is 2. The number of ether oxygens (including phenoxy) is 1. The topological polar surface area (TPSA) is 71.7 Å². The molecule has 1 amide bonds. The highest BCUT2D eigenvalue weighted by molar-refractivity contribution is 5.85. The van der Waals surface area contributed by atoms with Gasteiger partial charge in [-0.1, -0.05) is 0 Å². The van der Waals surface area contributed by atoms with Gasteiger partial charge >= 0.3 is 0 Å². The van der Waals surface area contributed by atoms with Crippen molar-refractivity contribution in [1.29, 1.82) is 0 Å². The molecule has 2 aliphatic heterocycles. The van der Waals surface area contributed by atoms with Crippen LogP contribution < -0.4 is 4.90 Å². The second-order valence-corrected chi connectivity index (χ2v) is 5.95. The van der Waals surface area contributed by atoms with E-state index in [0.29, 0.717) is 31.5 Å². The zero-order chi connectivity index (χ0) is 14.9. The van der Waals surface area contributed by atoms with Crippen LogP contribution in [-0.4, -0.2) is 60.8 Å². The molecule has 2 fully saturated rings. The summed E-state index contributed by atoms with van der Waals surface area (Å²) in [5.41, 5.74) is -0.277. The molecule has 0 aromatic carbocycles. The van der Waals surface area contributed by atoms with E-state index in [1.54, 1.807) is 14.0 Å². The lowest BCUT2D eigenvalue weighted by Crippen LogP contribution is -2.51. The molecule has 0 unspecified atom stereocenters. The van der Waals surface area contributed by atoms with E-state index < -0.39 is 0 Å². The Labute approximate surface area is 124 Å². The van der Waals surface area contributed by atoms with Gasteiger partial charge in [-0.3, -0.25) is 4.79 Å². The third kappa shape index (κ3) is 2.62. The summed E-state index contributed by atoms with van der Waals surface area (Å²) in [6.07, 6.45) is 2.86. The third-order valence-electron chi connectivity index (χ3n) is 4.54. The Morgan fingerprint density at radius 2 is 2.24 bits per heavy atom. The lowest BCUT2D eigenvalue weighted by Gasteiger charge is -2.39. The van der Waals surface area contributed by atoms with E-state index >= 15 is 0 Å². The maximum atomic E-state index is 12.8. The Kier molecular flexibility index (Phi) is 3.84. The Bertz CT molecular complexity index is 518. The molecule has 21 heavy (non-hydrogen) atoms. The molecule has 1 atom stereocenters. The second kappa shape index (κ2) is 5.63. The summed E-state index contributed by atoms with van der Waals surface area (Å²) in [7, 11) is 1.67. The van der Waals surface area contributed by atoms with Gasteiger partial charge in [0.2, 0.25) is 11.8 Å². The fourth-order valence-electron chi connectivity index (χ4n) is 3.41. The second-order valence-electron chi connectivity index (χ2n) is 5.95. The van der Waals surface area contributed by atoms with Crippen molar-refractivity contribution in [3.05, 3.63) is 5.89 Å². The molecule has 0 bridgehead atoms. The number of carbonyl (C=O) groups excluding carboxylic acids is 1. The fourth-order valence-corrected chi connectivity index (χ4v) is 3.41. The molecule has 1 aromatic rings. The van der Waals surface area contributed by atoms with E-state index in [2.05, 4.69) is 15.0 Å². The van der Waals surface area contributed by atoms with Gasteiger partial charge in [0, 0.05) is 40.2 Å². The third-order valence-corrected chi connectivity index (χ3v) is 4.54. The van der Waals surface area contributed by atoms with Crippen molar-refractivity contribution >= 4 is 11.9 Å².